The second kappa shape index (κ2) is 5.72. The molecule has 0 radical (unpaired) electrons. The number of hydrogen-bond acceptors (Lipinski definition) is 1. The maximum atomic E-state index is 6.00. The summed E-state index contributed by atoms with van der Waals surface area (Å²) in [7, 11) is 0. The molecule has 0 heterocycles. The molecule has 1 atom stereocenters. The minimum atomic E-state index is 0.189. The van der Waals surface area contributed by atoms with Crippen LogP contribution in [0.15, 0.2) is 35.9 Å². The van der Waals surface area contributed by atoms with Crippen molar-refractivity contribution in [3.63, 3.8) is 0 Å². The van der Waals surface area contributed by atoms with E-state index in [-0.39, 0.29) is 6.04 Å². The van der Waals surface area contributed by atoms with E-state index in [1.165, 1.54) is 16.7 Å². The van der Waals surface area contributed by atoms with E-state index >= 15 is 0 Å². The van der Waals surface area contributed by atoms with Gasteiger partial charge in [0.2, 0.25) is 0 Å². The molecule has 1 heteroatoms. The van der Waals surface area contributed by atoms with Crippen LogP contribution in [0.1, 0.15) is 31.4 Å². The average molecular weight is 203 g/mol. The van der Waals surface area contributed by atoms with E-state index < -0.39 is 0 Å². The highest BCUT2D eigenvalue weighted by Crippen LogP contribution is 2.11. The van der Waals surface area contributed by atoms with Crippen LogP contribution in [0.3, 0.4) is 0 Å². The van der Waals surface area contributed by atoms with Gasteiger partial charge in [-0.3, -0.25) is 0 Å². The van der Waals surface area contributed by atoms with Crippen molar-refractivity contribution >= 4 is 0 Å². The monoisotopic (exact) mass is 203 g/mol. The standard InChI is InChI=1S/C14H21N/c1-11(2)10-14(15)9-8-13-7-5-4-6-12(13)3/h4-7,10,14H,8-9,15H2,1-3H3. The summed E-state index contributed by atoms with van der Waals surface area (Å²) < 4.78 is 0. The van der Waals surface area contributed by atoms with Crippen molar-refractivity contribution in [2.24, 2.45) is 5.73 Å². The Balaban J connectivity index is 2.51. The largest absolute Gasteiger partial charge is 0.324 e. The molecular formula is C14H21N. The third-order valence-electron chi connectivity index (χ3n) is 2.56. The topological polar surface area (TPSA) is 26.0 Å². The Morgan fingerprint density at radius 3 is 2.60 bits per heavy atom. The first-order valence-corrected chi connectivity index (χ1v) is 5.54. The molecule has 82 valence electrons. The normalized spacial score (nSPS) is 12.3. The quantitative estimate of drug-likeness (QED) is 0.747. The molecule has 0 saturated heterocycles. The summed E-state index contributed by atoms with van der Waals surface area (Å²) in [6.45, 7) is 6.34. The van der Waals surface area contributed by atoms with Gasteiger partial charge in [0, 0.05) is 6.04 Å². The summed E-state index contributed by atoms with van der Waals surface area (Å²) in [5.41, 5.74) is 10.1. The van der Waals surface area contributed by atoms with Gasteiger partial charge in [0.25, 0.3) is 0 Å². The molecule has 1 rings (SSSR count). The van der Waals surface area contributed by atoms with Crippen LogP contribution >= 0.6 is 0 Å². The van der Waals surface area contributed by atoms with E-state index in [1.807, 2.05) is 0 Å². The van der Waals surface area contributed by atoms with E-state index in [4.69, 9.17) is 5.73 Å². The zero-order chi connectivity index (χ0) is 11.3. The molecule has 1 unspecified atom stereocenters. The van der Waals surface area contributed by atoms with E-state index in [1.54, 1.807) is 0 Å². The Morgan fingerprint density at radius 1 is 1.33 bits per heavy atom. The lowest BCUT2D eigenvalue weighted by Crippen LogP contribution is -2.18. The molecule has 2 N–H and O–H groups in total. The van der Waals surface area contributed by atoms with Crippen molar-refractivity contribution in [3.8, 4) is 0 Å². The van der Waals surface area contributed by atoms with Crippen LogP contribution in [-0.4, -0.2) is 6.04 Å². The second-order valence-corrected chi connectivity index (χ2v) is 4.37. The van der Waals surface area contributed by atoms with Gasteiger partial charge in [-0.15, -0.1) is 0 Å². The first-order valence-electron chi connectivity index (χ1n) is 5.54. The van der Waals surface area contributed by atoms with Crippen LogP contribution in [0.2, 0.25) is 0 Å². The Bertz CT molecular complexity index is 335. The summed E-state index contributed by atoms with van der Waals surface area (Å²) in [4.78, 5) is 0. The predicted octanol–water partition coefficient (Wildman–Crippen LogP) is 3.22. The van der Waals surface area contributed by atoms with Crippen molar-refractivity contribution in [1.29, 1.82) is 0 Å². The molecule has 0 aliphatic rings. The second-order valence-electron chi connectivity index (χ2n) is 4.37. The number of benzene rings is 1. The van der Waals surface area contributed by atoms with Gasteiger partial charge in [-0.05, 0) is 44.7 Å². The minimum Gasteiger partial charge on any atom is -0.324 e. The fraction of sp³-hybridized carbons (Fsp3) is 0.429. The zero-order valence-corrected chi connectivity index (χ0v) is 9.96. The molecule has 0 bridgehead atoms. The summed E-state index contributed by atoms with van der Waals surface area (Å²) >= 11 is 0. The average Bonchev–Trinajstić information content (AvgIpc) is 2.15. The van der Waals surface area contributed by atoms with Crippen LogP contribution in [0.5, 0.6) is 0 Å². The van der Waals surface area contributed by atoms with E-state index in [9.17, 15) is 0 Å². The fourth-order valence-corrected chi connectivity index (χ4v) is 1.72. The van der Waals surface area contributed by atoms with Gasteiger partial charge in [-0.1, -0.05) is 35.9 Å². The molecule has 1 aromatic carbocycles. The lowest BCUT2D eigenvalue weighted by molar-refractivity contribution is 0.714. The fourth-order valence-electron chi connectivity index (χ4n) is 1.72. The lowest BCUT2D eigenvalue weighted by atomic mass is 10.0. The third-order valence-corrected chi connectivity index (χ3v) is 2.56. The smallest absolute Gasteiger partial charge is 0.0229 e. The summed E-state index contributed by atoms with van der Waals surface area (Å²) in [5.74, 6) is 0. The molecular weight excluding hydrogens is 182 g/mol. The molecule has 0 spiro atoms. The van der Waals surface area contributed by atoms with Crippen LogP contribution in [0.25, 0.3) is 0 Å². The summed E-state index contributed by atoms with van der Waals surface area (Å²) in [6, 6.07) is 8.70. The molecule has 15 heavy (non-hydrogen) atoms. The van der Waals surface area contributed by atoms with Gasteiger partial charge in [-0.25, -0.2) is 0 Å². The van der Waals surface area contributed by atoms with Gasteiger partial charge in [0.1, 0.15) is 0 Å². The van der Waals surface area contributed by atoms with Crippen LogP contribution in [0, 0.1) is 6.92 Å². The van der Waals surface area contributed by atoms with Gasteiger partial charge in [0.15, 0.2) is 0 Å². The van der Waals surface area contributed by atoms with Crippen molar-refractivity contribution in [3.05, 3.63) is 47.0 Å². The Morgan fingerprint density at radius 2 is 2.00 bits per heavy atom. The predicted molar refractivity (Wildman–Crippen MR) is 66.9 cm³/mol. The van der Waals surface area contributed by atoms with Crippen molar-refractivity contribution < 1.29 is 0 Å². The van der Waals surface area contributed by atoms with Gasteiger partial charge in [-0.2, -0.15) is 0 Å². The molecule has 0 aliphatic carbocycles. The Hall–Kier alpha value is -1.08. The first kappa shape index (κ1) is 12.0. The zero-order valence-electron chi connectivity index (χ0n) is 9.96. The van der Waals surface area contributed by atoms with Crippen LogP contribution < -0.4 is 5.73 Å². The molecule has 1 nitrogen and oxygen atoms in total. The van der Waals surface area contributed by atoms with Gasteiger partial charge >= 0.3 is 0 Å². The van der Waals surface area contributed by atoms with Crippen LogP contribution in [0.4, 0.5) is 0 Å². The maximum Gasteiger partial charge on any atom is 0.0229 e. The molecule has 0 saturated carbocycles. The number of nitrogens with two attached hydrogens (primary N) is 1. The van der Waals surface area contributed by atoms with Crippen molar-refractivity contribution in [2.45, 2.75) is 39.7 Å². The van der Waals surface area contributed by atoms with Gasteiger partial charge in [0.05, 0.1) is 0 Å². The van der Waals surface area contributed by atoms with Gasteiger partial charge < -0.3 is 5.73 Å². The first-order chi connectivity index (χ1) is 7.09. The summed E-state index contributed by atoms with van der Waals surface area (Å²) in [5, 5.41) is 0. The van der Waals surface area contributed by atoms with E-state index in [0.717, 1.165) is 12.8 Å². The summed E-state index contributed by atoms with van der Waals surface area (Å²) in [6.07, 6.45) is 4.23. The van der Waals surface area contributed by atoms with E-state index in [2.05, 4.69) is 51.1 Å². The van der Waals surface area contributed by atoms with E-state index in [0.29, 0.717) is 0 Å². The Kier molecular flexibility index (Phi) is 4.57. The molecule has 0 amide bonds. The highest BCUT2D eigenvalue weighted by Gasteiger charge is 2.01. The number of allylic oxidation sites excluding steroid dienone is 1. The minimum absolute atomic E-state index is 0.189. The third kappa shape index (κ3) is 4.30. The molecule has 0 aliphatic heterocycles. The van der Waals surface area contributed by atoms with Crippen molar-refractivity contribution in [1.82, 2.24) is 0 Å². The molecule has 0 aromatic heterocycles. The Labute approximate surface area is 93.0 Å². The maximum absolute atomic E-state index is 6.00. The number of rotatable bonds is 4. The highest BCUT2D eigenvalue weighted by atomic mass is 14.6. The lowest BCUT2D eigenvalue weighted by Gasteiger charge is -2.09. The highest BCUT2D eigenvalue weighted by molar-refractivity contribution is 5.25. The SMILES string of the molecule is CC(C)=CC(N)CCc1ccccc1C. The van der Waals surface area contributed by atoms with Crippen LogP contribution in [-0.2, 0) is 6.42 Å². The number of hydrogen-bond donors (Lipinski definition) is 1. The number of aryl methyl sites for hydroxylation is 2. The molecule has 0 fully saturated rings. The molecule has 1 aromatic rings. The van der Waals surface area contributed by atoms with Crippen molar-refractivity contribution in [2.75, 3.05) is 0 Å².